The lowest BCUT2D eigenvalue weighted by Gasteiger charge is -2.11. The van der Waals surface area contributed by atoms with Crippen LogP contribution in [0.25, 0.3) is 10.2 Å². The van der Waals surface area contributed by atoms with E-state index in [0.717, 1.165) is 40.7 Å². The molecule has 32 heavy (non-hydrogen) atoms. The maximum Gasteiger partial charge on any atom is 0.266 e. The van der Waals surface area contributed by atoms with E-state index in [2.05, 4.69) is 25.0 Å². The average Bonchev–Trinajstić information content (AvgIpc) is 2.88. The molecule has 0 unspecified atom stereocenters. The predicted molar refractivity (Wildman–Crippen MR) is 127 cm³/mol. The molecule has 4 rings (SSSR count). The van der Waals surface area contributed by atoms with Gasteiger partial charge >= 0.3 is 0 Å². The standard InChI is InChI=1S/C22H25N5O3S2/c1-13-19-14(2)24-15(3)25-22(19)31-20(13)21(28)26-16-8-7-9-17(12-16)32(29,30)27-18-10-5-4-6-11-23-18/h7-9,12H,4-6,10-11H2,1-3H3,(H,23,27)(H,26,28). The summed E-state index contributed by atoms with van der Waals surface area (Å²) in [5.74, 6) is 0.842. The van der Waals surface area contributed by atoms with E-state index in [0.29, 0.717) is 35.2 Å². The van der Waals surface area contributed by atoms with Crippen molar-refractivity contribution in [3.63, 3.8) is 0 Å². The molecule has 10 heteroatoms. The van der Waals surface area contributed by atoms with Crippen LogP contribution in [0.3, 0.4) is 0 Å². The molecule has 0 spiro atoms. The van der Waals surface area contributed by atoms with Gasteiger partial charge in [0.1, 0.15) is 16.5 Å². The van der Waals surface area contributed by atoms with E-state index in [1.165, 1.54) is 23.5 Å². The molecular weight excluding hydrogens is 446 g/mol. The molecule has 0 bridgehead atoms. The Labute approximate surface area is 191 Å². The number of amidine groups is 1. The predicted octanol–water partition coefficient (Wildman–Crippen LogP) is 4.12. The minimum atomic E-state index is -3.79. The molecule has 8 nitrogen and oxygen atoms in total. The third kappa shape index (κ3) is 4.66. The summed E-state index contributed by atoms with van der Waals surface area (Å²) in [6, 6.07) is 6.23. The number of aromatic nitrogens is 2. The molecule has 2 aromatic heterocycles. The van der Waals surface area contributed by atoms with Gasteiger partial charge in [0, 0.05) is 29.7 Å². The summed E-state index contributed by atoms with van der Waals surface area (Å²) >= 11 is 1.31. The van der Waals surface area contributed by atoms with Crippen LogP contribution in [0.1, 0.15) is 52.4 Å². The van der Waals surface area contributed by atoms with Crippen LogP contribution in [0.5, 0.6) is 0 Å². The van der Waals surface area contributed by atoms with Crippen LogP contribution >= 0.6 is 11.3 Å². The highest BCUT2D eigenvalue weighted by atomic mass is 32.2. The normalized spacial score (nSPS) is 14.7. The zero-order valence-electron chi connectivity index (χ0n) is 18.2. The Morgan fingerprint density at radius 3 is 2.72 bits per heavy atom. The molecule has 0 atom stereocenters. The summed E-state index contributed by atoms with van der Waals surface area (Å²) < 4.78 is 28.3. The smallest absolute Gasteiger partial charge is 0.266 e. The van der Waals surface area contributed by atoms with Crippen LogP contribution in [0.15, 0.2) is 34.2 Å². The zero-order chi connectivity index (χ0) is 22.9. The zero-order valence-corrected chi connectivity index (χ0v) is 19.9. The van der Waals surface area contributed by atoms with Gasteiger partial charge in [0.05, 0.1) is 9.77 Å². The fourth-order valence-corrected chi connectivity index (χ4v) is 6.10. The lowest BCUT2D eigenvalue weighted by molar-refractivity contribution is 0.103. The maximum absolute atomic E-state index is 13.0. The molecule has 0 radical (unpaired) electrons. The van der Waals surface area contributed by atoms with Crippen molar-refractivity contribution in [3.8, 4) is 0 Å². The van der Waals surface area contributed by atoms with E-state index in [-0.39, 0.29) is 10.8 Å². The Kier molecular flexibility index (Phi) is 6.25. The number of nitrogens with zero attached hydrogens (tertiary/aromatic N) is 3. The Morgan fingerprint density at radius 2 is 1.91 bits per heavy atom. The molecule has 3 heterocycles. The Bertz CT molecular complexity index is 1330. The molecule has 168 valence electrons. The average molecular weight is 472 g/mol. The number of aliphatic imine (C=N–C) groups is 1. The van der Waals surface area contributed by atoms with E-state index < -0.39 is 10.0 Å². The van der Waals surface area contributed by atoms with Gasteiger partial charge in [-0.05, 0) is 57.4 Å². The lowest BCUT2D eigenvalue weighted by Crippen LogP contribution is -2.30. The third-order valence-electron chi connectivity index (χ3n) is 5.32. The monoisotopic (exact) mass is 471 g/mol. The lowest BCUT2D eigenvalue weighted by atomic mass is 10.1. The van der Waals surface area contributed by atoms with Crippen LogP contribution in [0, 0.1) is 20.8 Å². The second-order valence-corrected chi connectivity index (χ2v) is 10.5. The van der Waals surface area contributed by atoms with Crippen LogP contribution in [0.2, 0.25) is 0 Å². The van der Waals surface area contributed by atoms with Crippen molar-refractivity contribution in [3.05, 3.63) is 46.2 Å². The number of carbonyl (C=O) groups excluding carboxylic acids is 1. The van der Waals surface area contributed by atoms with Crippen molar-refractivity contribution < 1.29 is 13.2 Å². The van der Waals surface area contributed by atoms with Crippen LogP contribution < -0.4 is 10.0 Å². The minimum Gasteiger partial charge on any atom is -0.321 e. The Morgan fingerprint density at radius 1 is 1.09 bits per heavy atom. The van der Waals surface area contributed by atoms with E-state index in [9.17, 15) is 13.2 Å². The van der Waals surface area contributed by atoms with Crippen LogP contribution in [-0.4, -0.2) is 36.7 Å². The molecule has 3 aromatic rings. The second-order valence-electron chi connectivity index (χ2n) is 7.82. The number of fused-ring (bicyclic) bond motifs is 1. The summed E-state index contributed by atoms with van der Waals surface area (Å²) in [5.41, 5.74) is 2.05. The first-order valence-corrected chi connectivity index (χ1v) is 12.8. The fourth-order valence-electron chi connectivity index (χ4n) is 3.79. The first-order valence-electron chi connectivity index (χ1n) is 10.5. The number of rotatable bonds is 4. The number of hydrogen-bond donors (Lipinski definition) is 2. The van der Waals surface area contributed by atoms with Crippen LogP contribution in [-0.2, 0) is 10.0 Å². The van der Waals surface area contributed by atoms with Gasteiger partial charge in [0.25, 0.3) is 15.9 Å². The maximum atomic E-state index is 13.0. The number of hydrogen-bond acceptors (Lipinski definition) is 7. The van der Waals surface area contributed by atoms with E-state index in [1.54, 1.807) is 12.1 Å². The van der Waals surface area contributed by atoms with Gasteiger partial charge in [0.15, 0.2) is 0 Å². The van der Waals surface area contributed by atoms with E-state index in [4.69, 9.17) is 0 Å². The highest BCUT2D eigenvalue weighted by molar-refractivity contribution is 7.90. The Hall–Kier alpha value is -2.85. The molecule has 1 aliphatic rings. The number of carbonyl (C=O) groups is 1. The molecule has 2 N–H and O–H groups in total. The highest BCUT2D eigenvalue weighted by Gasteiger charge is 2.21. The number of nitrogens with one attached hydrogen (secondary N) is 2. The largest absolute Gasteiger partial charge is 0.321 e. The minimum absolute atomic E-state index is 0.0765. The van der Waals surface area contributed by atoms with Crippen molar-refractivity contribution in [2.45, 2.75) is 51.3 Å². The summed E-state index contributed by atoms with van der Waals surface area (Å²) in [6.07, 6.45) is 3.53. The first-order chi connectivity index (χ1) is 15.2. The summed E-state index contributed by atoms with van der Waals surface area (Å²) in [5, 5.41) is 3.71. The molecule has 1 aromatic carbocycles. The molecule has 0 saturated heterocycles. The van der Waals surface area contributed by atoms with Crippen molar-refractivity contribution in [2.24, 2.45) is 4.99 Å². The molecule has 0 fully saturated rings. The van der Waals surface area contributed by atoms with Crippen molar-refractivity contribution in [2.75, 3.05) is 11.9 Å². The Balaban J connectivity index is 1.57. The van der Waals surface area contributed by atoms with Gasteiger partial charge in [-0.2, -0.15) is 0 Å². The van der Waals surface area contributed by atoms with Gasteiger partial charge in [-0.3, -0.25) is 14.5 Å². The summed E-state index contributed by atoms with van der Waals surface area (Å²) in [6.45, 7) is 6.23. The number of benzene rings is 1. The number of sulfonamides is 1. The van der Waals surface area contributed by atoms with E-state index in [1.807, 2.05) is 20.8 Å². The number of thiophene rings is 1. The molecule has 1 amide bonds. The van der Waals surface area contributed by atoms with Crippen molar-refractivity contribution >= 4 is 49.0 Å². The van der Waals surface area contributed by atoms with Crippen LogP contribution in [0.4, 0.5) is 5.69 Å². The third-order valence-corrected chi connectivity index (χ3v) is 7.88. The number of aryl methyl sites for hydroxylation is 3. The summed E-state index contributed by atoms with van der Waals surface area (Å²) in [7, 11) is -3.79. The molecule has 0 aliphatic carbocycles. The van der Waals surface area contributed by atoms with Gasteiger partial charge in [-0.15, -0.1) is 11.3 Å². The second kappa shape index (κ2) is 8.95. The first kappa shape index (κ1) is 22.3. The topological polar surface area (TPSA) is 113 Å². The van der Waals surface area contributed by atoms with Crippen molar-refractivity contribution in [1.82, 2.24) is 14.7 Å². The molecule has 0 saturated carbocycles. The quantitative estimate of drug-likeness (QED) is 0.594. The van der Waals surface area contributed by atoms with Gasteiger partial charge < -0.3 is 5.32 Å². The van der Waals surface area contributed by atoms with Gasteiger partial charge in [-0.25, -0.2) is 18.4 Å². The van der Waals surface area contributed by atoms with Gasteiger partial charge in [0.2, 0.25) is 0 Å². The SMILES string of the molecule is Cc1nc(C)c2c(C)c(C(=O)Nc3cccc(S(=O)(=O)NC4=NCCCCC4)c3)sc2n1. The fraction of sp³-hybridized carbons (Fsp3) is 0.364. The van der Waals surface area contributed by atoms with Crippen molar-refractivity contribution in [1.29, 1.82) is 0 Å². The number of anilines is 1. The number of amides is 1. The molecule has 1 aliphatic heterocycles. The van der Waals surface area contributed by atoms with Gasteiger partial charge in [-0.1, -0.05) is 12.5 Å². The molecular formula is C22H25N5O3S2. The highest BCUT2D eigenvalue weighted by Crippen LogP contribution is 2.32. The van der Waals surface area contributed by atoms with E-state index >= 15 is 0 Å². The summed E-state index contributed by atoms with van der Waals surface area (Å²) in [4.78, 5) is 27.5.